The summed E-state index contributed by atoms with van der Waals surface area (Å²) in [5, 5.41) is 6.97. The van der Waals surface area contributed by atoms with Crippen molar-refractivity contribution in [2.45, 2.75) is 31.9 Å². The van der Waals surface area contributed by atoms with Crippen molar-refractivity contribution in [1.82, 2.24) is 25.0 Å². The summed E-state index contributed by atoms with van der Waals surface area (Å²) in [5.74, 6) is -0.0149. The smallest absolute Gasteiger partial charge is 0.274 e. The van der Waals surface area contributed by atoms with Crippen LogP contribution < -0.4 is 0 Å². The predicted molar refractivity (Wildman–Crippen MR) is 96.7 cm³/mol. The van der Waals surface area contributed by atoms with Crippen LogP contribution in [0.3, 0.4) is 0 Å². The van der Waals surface area contributed by atoms with Crippen LogP contribution in [-0.2, 0) is 11.3 Å². The summed E-state index contributed by atoms with van der Waals surface area (Å²) in [6.07, 6.45) is 3.88. The first-order valence-electron chi connectivity index (χ1n) is 9.21. The van der Waals surface area contributed by atoms with Gasteiger partial charge >= 0.3 is 0 Å². The molecule has 2 aromatic rings. The van der Waals surface area contributed by atoms with E-state index in [4.69, 9.17) is 4.74 Å². The summed E-state index contributed by atoms with van der Waals surface area (Å²) in [6.45, 7) is 6.40. The van der Waals surface area contributed by atoms with Crippen LogP contribution in [0.1, 0.15) is 34.7 Å². The number of likely N-dealkylation sites (tertiary alicyclic amines) is 1. The molecule has 0 radical (unpaired) electrons. The maximum atomic E-state index is 12.8. The average Bonchev–Trinajstić information content (AvgIpc) is 3.08. The Morgan fingerprint density at radius 2 is 2.27 bits per heavy atom. The first-order chi connectivity index (χ1) is 12.6. The highest BCUT2D eigenvalue weighted by Crippen LogP contribution is 2.30. The van der Waals surface area contributed by atoms with Gasteiger partial charge in [0.2, 0.25) is 0 Å². The molecule has 7 heteroatoms. The number of H-pyrrole nitrogens is 1. The zero-order chi connectivity index (χ0) is 18.0. The highest BCUT2D eigenvalue weighted by atomic mass is 16.5. The van der Waals surface area contributed by atoms with Gasteiger partial charge in [0, 0.05) is 31.5 Å². The molecule has 2 fully saturated rings. The van der Waals surface area contributed by atoms with Crippen molar-refractivity contribution in [3.63, 3.8) is 0 Å². The fourth-order valence-electron chi connectivity index (χ4n) is 4.00. The number of aromatic nitrogens is 3. The minimum absolute atomic E-state index is 0.0149. The Hall–Kier alpha value is -2.25. The summed E-state index contributed by atoms with van der Waals surface area (Å²) in [4.78, 5) is 21.5. The van der Waals surface area contributed by atoms with Crippen molar-refractivity contribution in [1.29, 1.82) is 0 Å². The van der Waals surface area contributed by atoms with Crippen LogP contribution in [-0.4, -0.2) is 69.3 Å². The van der Waals surface area contributed by atoms with Crippen molar-refractivity contribution in [3.05, 3.63) is 47.5 Å². The number of ether oxygens (including phenoxy) is 1. The van der Waals surface area contributed by atoms with Crippen molar-refractivity contribution in [2.24, 2.45) is 0 Å². The van der Waals surface area contributed by atoms with Crippen LogP contribution in [0.5, 0.6) is 0 Å². The molecule has 4 rings (SSSR count). The molecular formula is C19H25N5O2. The van der Waals surface area contributed by atoms with Gasteiger partial charge in [-0.05, 0) is 44.5 Å². The van der Waals surface area contributed by atoms with Crippen LogP contribution in [0.4, 0.5) is 0 Å². The van der Waals surface area contributed by atoms with Crippen molar-refractivity contribution in [3.8, 4) is 0 Å². The number of pyridine rings is 1. The Morgan fingerprint density at radius 1 is 1.35 bits per heavy atom. The third-order valence-electron chi connectivity index (χ3n) is 5.19. The summed E-state index contributed by atoms with van der Waals surface area (Å²) < 4.78 is 6.21. The minimum Gasteiger partial charge on any atom is -0.370 e. The number of rotatable bonds is 3. The molecule has 7 nitrogen and oxygen atoms in total. The summed E-state index contributed by atoms with van der Waals surface area (Å²) >= 11 is 0. The van der Waals surface area contributed by atoms with Crippen molar-refractivity contribution >= 4 is 5.91 Å². The number of carbonyl (C=O) groups excluding carboxylic acids is 1. The SMILES string of the molecule is Cc1cc(C(=O)N2CCOC3(CCCN(Cc4ccccn4)C3)C2)n[nH]1. The molecule has 1 atom stereocenters. The van der Waals surface area contributed by atoms with E-state index in [-0.39, 0.29) is 11.5 Å². The maximum absolute atomic E-state index is 12.8. The van der Waals surface area contributed by atoms with E-state index in [1.165, 1.54) is 0 Å². The number of hydrogen-bond acceptors (Lipinski definition) is 5. The molecule has 2 aromatic heterocycles. The van der Waals surface area contributed by atoms with E-state index < -0.39 is 0 Å². The Kier molecular flexibility index (Phi) is 4.74. The summed E-state index contributed by atoms with van der Waals surface area (Å²) in [5.41, 5.74) is 2.17. The molecule has 26 heavy (non-hydrogen) atoms. The van der Waals surface area contributed by atoms with Crippen LogP contribution in [0.2, 0.25) is 0 Å². The quantitative estimate of drug-likeness (QED) is 0.906. The number of piperidine rings is 1. The molecule has 1 unspecified atom stereocenters. The number of nitrogens with one attached hydrogen (secondary N) is 1. The van der Waals surface area contributed by atoms with Gasteiger partial charge in [0.25, 0.3) is 5.91 Å². The molecule has 0 aromatic carbocycles. The molecule has 1 amide bonds. The van der Waals surface area contributed by atoms with E-state index in [9.17, 15) is 4.79 Å². The van der Waals surface area contributed by atoms with Gasteiger partial charge in [0.15, 0.2) is 0 Å². The van der Waals surface area contributed by atoms with Gasteiger partial charge in [-0.25, -0.2) is 0 Å². The highest BCUT2D eigenvalue weighted by molar-refractivity contribution is 5.92. The van der Waals surface area contributed by atoms with Gasteiger partial charge in [-0.15, -0.1) is 0 Å². The number of aryl methyl sites for hydroxylation is 1. The summed E-state index contributed by atoms with van der Waals surface area (Å²) in [6, 6.07) is 7.81. The number of aromatic amines is 1. The molecule has 0 bridgehead atoms. The number of hydrogen-bond donors (Lipinski definition) is 1. The monoisotopic (exact) mass is 355 g/mol. The number of carbonyl (C=O) groups is 1. The van der Waals surface area contributed by atoms with Gasteiger partial charge in [0.05, 0.1) is 24.4 Å². The minimum atomic E-state index is -0.285. The molecule has 4 heterocycles. The van der Waals surface area contributed by atoms with Crippen LogP contribution >= 0.6 is 0 Å². The molecule has 0 saturated carbocycles. The molecule has 138 valence electrons. The van der Waals surface area contributed by atoms with E-state index in [0.717, 1.165) is 43.9 Å². The topological polar surface area (TPSA) is 74.3 Å². The predicted octanol–water partition coefficient (Wildman–Crippen LogP) is 1.62. The second-order valence-corrected chi connectivity index (χ2v) is 7.33. The van der Waals surface area contributed by atoms with Gasteiger partial charge in [-0.2, -0.15) is 5.10 Å². The first-order valence-corrected chi connectivity index (χ1v) is 9.21. The van der Waals surface area contributed by atoms with Gasteiger partial charge in [0.1, 0.15) is 5.69 Å². The van der Waals surface area contributed by atoms with E-state index in [1.807, 2.05) is 30.2 Å². The van der Waals surface area contributed by atoms with Crippen molar-refractivity contribution < 1.29 is 9.53 Å². The first kappa shape index (κ1) is 17.2. The Labute approximate surface area is 153 Å². The van der Waals surface area contributed by atoms with Crippen LogP contribution in [0.15, 0.2) is 30.5 Å². The molecule has 1 N–H and O–H groups in total. The second kappa shape index (κ2) is 7.17. The number of nitrogens with zero attached hydrogens (tertiary/aromatic N) is 4. The average molecular weight is 355 g/mol. The van der Waals surface area contributed by atoms with Gasteiger partial charge in [-0.3, -0.25) is 19.8 Å². The Bertz CT molecular complexity index is 758. The van der Waals surface area contributed by atoms with E-state index in [0.29, 0.717) is 25.4 Å². The lowest BCUT2D eigenvalue weighted by molar-refractivity contribution is -0.133. The van der Waals surface area contributed by atoms with E-state index in [1.54, 1.807) is 6.07 Å². The molecule has 2 saturated heterocycles. The molecule has 2 aliphatic rings. The van der Waals surface area contributed by atoms with Gasteiger partial charge in [-0.1, -0.05) is 6.07 Å². The fraction of sp³-hybridized carbons (Fsp3) is 0.526. The Morgan fingerprint density at radius 3 is 3.04 bits per heavy atom. The van der Waals surface area contributed by atoms with E-state index >= 15 is 0 Å². The molecular weight excluding hydrogens is 330 g/mol. The lowest BCUT2D eigenvalue weighted by Gasteiger charge is -2.47. The lowest BCUT2D eigenvalue weighted by Crippen LogP contribution is -2.60. The third kappa shape index (κ3) is 3.64. The fourth-order valence-corrected chi connectivity index (χ4v) is 4.00. The second-order valence-electron chi connectivity index (χ2n) is 7.33. The highest BCUT2D eigenvalue weighted by Gasteiger charge is 2.42. The third-order valence-corrected chi connectivity index (χ3v) is 5.19. The zero-order valence-corrected chi connectivity index (χ0v) is 15.1. The van der Waals surface area contributed by atoms with Crippen molar-refractivity contribution in [2.75, 3.05) is 32.8 Å². The standard InChI is InChI=1S/C19H25N5O2/c1-15-11-17(22-21-15)18(25)24-9-10-26-19(14-24)6-4-8-23(13-19)12-16-5-2-3-7-20-16/h2-3,5,7,11H,4,6,8-10,12-14H2,1H3,(H,21,22). The molecule has 0 aliphatic carbocycles. The molecule has 1 spiro atoms. The van der Waals surface area contributed by atoms with Gasteiger partial charge < -0.3 is 9.64 Å². The largest absolute Gasteiger partial charge is 0.370 e. The normalized spacial score (nSPS) is 24.1. The zero-order valence-electron chi connectivity index (χ0n) is 15.1. The Balaban J connectivity index is 1.44. The number of morpholine rings is 1. The summed E-state index contributed by atoms with van der Waals surface area (Å²) in [7, 11) is 0. The lowest BCUT2D eigenvalue weighted by atomic mass is 9.90. The van der Waals surface area contributed by atoms with Crippen LogP contribution in [0, 0.1) is 6.92 Å². The van der Waals surface area contributed by atoms with Crippen LogP contribution in [0.25, 0.3) is 0 Å². The number of amides is 1. The van der Waals surface area contributed by atoms with E-state index in [2.05, 4.69) is 26.1 Å². The molecule has 2 aliphatic heterocycles. The maximum Gasteiger partial charge on any atom is 0.274 e.